The van der Waals surface area contributed by atoms with Crippen molar-refractivity contribution in [3.05, 3.63) is 54.1 Å². The van der Waals surface area contributed by atoms with Crippen LogP contribution in [0.2, 0.25) is 0 Å². The van der Waals surface area contributed by atoms with Gasteiger partial charge in [-0.15, -0.1) is 0 Å². The molecule has 0 aliphatic heterocycles. The van der Waals surface area contributed by atoms with Gasteiger partial charge in [-0.1, -0.05) is 140 Å². The Labute approximate surface area is 205 Å². The molecule has 0 bridgehead atoms. The van der Waals surface area contributed by atoms with Crippen molar-refractivity contribution in [3.8, 4) is 0 Å². The molecule has 0 saturated carbocycles. The lowest BCUT2D eigenvalue weighted by Crippen LogP contribution is -2.37. The van der Waals surface area contributed by atoms with Gasteiger partial charge in [0.15, 0.2) is 0 Å². The first-order chi connectivity index (χ1) is 16.3. The maximum absolute atomic E-state index is 2.48. The zero-order chi connectivity index (χ0) is 23.4. The first-order valence-electron chi connectivity index (χ1n) is 14.5. The highest BCUT2D eigenvalue weighted by atomic mass is 15.1. The molecule has 186 valence electrons. The second-order valence-electron chi connectivity index (χ2n) is 10.0. The van der Waals surface area contributed by atoms with Crippen LogP contribution in [0, 0.1) is 0 Å². The molecule has 33 heavy (non-hydrogen) atoms. The number of hydrogen-bond acceptors (Lipinski definition) is 0. The number of aromatic nitrogens is 2. The average Bonchev–Trinajstić information content (AvgIpc) is 3.22. The summed E-state index contributed by atoms with van der Waals surface area (Å²) in [7, 11) is 0. The Morgan fingerprint density at radius 1 is 0.606 bits per heavy atom. The van der Waals surface area contributed by atoms with Crippen molar-refractivity contribution < 1.29 is 4.57 Å². The van der Waals surface area contributed by atoms with Gasteiger partial charge in [-0.2, -0.15) is 0 Å². The molecule has 2 aromatic rings. The van der Waals surface area contributed by atoms with E-state index in [1.54, 1.807) is 0 Å². The molecule has 2 nitrogen and oxygen atoms in total. The molecule has 0 N–H and O–H groups in total. The van der Waals surface area contributed by atoms with Crippen molar-refractivity contribution in [1.29, 1.82) is 0 Å². The molecule has 0 unspecified atom stereocenters. The zero-order valence-corrected chi connectivity index (χ0v) is 22.1. The van der Waals surface area contributed by atoms with Crippen molar-refractivity contribution in [2.45, 2.75) is 143 Å². The van der Waals surface area contributed by atoms with Gasteiger partial charge in [0, 0.05) is 6.42 Å². The maximum atomic E-state index is 2.48. The Hall–Kier alpha value is -1.57. The number of hydrogen-bond donors (Lipinski definition) is 0. The van der Waals surface area contributed by atoms with Crippen LogP contribution in [0.3, 0.4) is 0 Å². The second-order valence-corrected chi connectivity index (χ2v) is 10.0. The van der Waals surface area contributed by atoms with Crippen LogP contribution < -0.4 is 4.57 Å². The minimum atomic E-state index is 0.982. The van der Waals surface area contributed by atoms with E-state index < -0.39 is 0 Å². The Morgan fingerprint density at radius 3 is 1.58 bits per heavy atom. The van der Waals surface area contributed by atoms with E-state index in [1.807, 2.05) is 0 Å². The molecular weight excluding hydrogens is 400 g/mol. The lowest BCUT2D eigenvalue weighted by molar-refractivity contribution is -0.704. The molecule has 1 aromatic heterocycles. The molecule has 0 radical (unpaired) electrons. The molecule has 0 aliphatic rings. The summed E-state index contributed by atoms with van der Waals surface area (Å²) in [5.74, 6) is 1.45. The Morgan fingerprint density at radius 2 is 1.09 bits per heavy atom. The van der Waals surface area contributed by atoms with Crippen molar-refractivity contribution in [2.24, 2.45) is 0 Å². The number of imidazole rings is 1. The predicted octanol–water partition coefficient (Wildman–Crippen LogP) is 9.04. The first-order valence-corrected chi connectivity index (χ1v) is 14.5. The lowest BCUT2D eigenvalue weighted by Gasteiger charge is -2.05. The van der Waals surface area contributed by atoms with Gasteiger partial charge in [0.25, 0.3) is 5.82 Å². The normalized spacial score (nSPS) is 11.3. The van der Waals surface area contributed by atoms with Gasteiger partial charge in [0.1, 0.15) is 18.9 Å². The molecule has 0 fully saturated rings. The molecular formula is C31H53N2+. The summed E-state index contributed by atoms with van der Waals surface area (Å²) in [5, 5.41) is 0. The number of aryl methyl sites for hydroxylation is 1. The van der Waals surface area contributed by atoms with Crippen LogP contribution in [-0.4, -0.2) is 4.57 Å². The Bertz CT molecular complexity index is 688. The van der Waals surface area contributed by atoms with Crippen molar-refractivity contribution >= 4 is 0 Å². The van der Waals surface area contributed by atoms with Crippen LogP contribution in [-0.2, 0) is 19.5 Å². The van der Waals surface area contributed by atoms with E-state index in [2.05, 4.69) is 65.7 Å². The maximum Gasteiger partial charge on any atom is 0.256 e. The fourth-order valence-electron chi connectivity index (χ4n) is 5.04. The van der Waals surface area contributed by atoms with E-state index in [0.717, 1.165) is 13.0 Å². The lowest BCUT2D eigenvalue weighted by atomic mass is 10.0. The van der Waals surface area contributed by atoms with Gasteiger partial charge in [-0.25, -0.2) is 9.13 Å². The summed E-state index contributed by atoms with van der Waals surface area (Å²) in [5.41, 5.74) is 1.38. The van der Waals surface area contributed by atoms with E-state index in [4.69, 9.17) is 0 Å². The minimum absolute atomic E-state index is 0.982. The van der Waals surface area contributed by atoms with E-state index >= 15 is 0 Å². The van der Waals surface area contributed by atoms with E-state index in [9.17, 15) is 0 Å². The molecule has 0 aliphatic carbocycles. The fraction of sp³-hybridized carbons (Fsp3) is 0.710. The second kappa shape index (κ2) is 18.8. The van der Waals surface area contributed by atoms with Crippen LogP contribution in [0.1, 0.15) is 134 Å². The van der Waals surface area contributed by atoms with Gasteiger partial charge < -0.3 is 0 Å². The van der Waals surface area contributed by atoms with Crippen molar-refractivity contribution in [2.75, 3.05) is 0 Å². The summed E-state index contributed by atoms with van der Waals surface area (Å²) >= 11 is 0. The SMILES string of the molecule is CCCCCCCCCCCCCCCCCCC[n+]1ccn(Cc2ccccc2)c1CC. The summed E-state index contributed by atoms with van der Waals surface area (Å²) < 4.78 is 4.90. The number of benzene rings is 1. The number of unbranched alkanes of at least 4 members (excludes halogenated alkanes) is 16. The van der Waals surface area contributed by atoms with Crippen LogP contribution in [0.5, 0.6) is 0 Å². The van der Waals surface area contributed by atoms with Gasteiger partial charge in [0.05, 0.1) is 6.54 Å². The third-order valence-corrected chi connectivity index (χ3v) is 7.10. The van der Waals surface area contributed by atoms with Gasteiger partial charge in [0.2, 0.25) is 0 Å². The summed E-state index contributed by atoms with van der Waals surface area (Å²) in [6.07, 6.45) is 30.1. The smallest absolute Gasteiger partial charge is 0.234 e. The highest BCUT2D eigenvalue weighted by Crippen LogP contribution is 2.14. The standard InChI is InChI=1S/C31H53N2/c1-3-5-6-7-8-9-10-11-12-13-14-15-16-17-18-19-23-26-32-27-28-33(31(32)4-2)29-30-24-21-20-22-25-30/h20-22,24-25,27-28H,3-19,23,26,29H2,1-2H3/q+1. The van der Waals surface area contributed by atoms with Crippen molar-refractivity contribution in [1.82, 2.24) is 4.57 Å². The molecule has 2 rings (SSSR count). The molecule has 1 heterocycles. The monoisotopic (exact) mass is 453 g/mol. The molecule has 0 amide bonds. The molecule has 2 heteroatoms. The Kier molecular flexibility index (Phi) is 15.8. The minimum Gasteiger partial charge on any atom is -0.234 e. The van der Waals surface area contributed by atoms with Crippen LogP contribution in [0.25, 0.3) is 0 Å². The quantitative estimate of drug-likeness (QED) is 0.132. The fourth-order valence-corrected chi connectivity index (χ4v) is 5.04. The molecule has 0 saturated heterocycles. The largest absolute Gasteiger partial charge is 0.256 e. The van der Waals surface area contributed by atoms with E-state index in [-0.39, 0.29) is 0 Å². The van der Waals surface area contributed by atoms with E-state index in [1.165, 1.54) is 127 Å². The van der Waals surface area contributed by atoms with Gasteiger partial charge in [-0.3, -0.25) is 0 Å². The summed E-state index contributed by atoms with van der Waals surface area (Å²) in [6.45, 7) is 6.73. The summed E-state index contributed by atoms with van der Waals surface area (Å²) in [6, 6.07) is 10.8. The number of rotatable bonds is 21. The molecule has 1 aromatic carbocycles. The highest BCUT2D eigenvalue weighted by molar-refractivity contribution is 5.15. The van der Waals surface area contributed by atoms with Crippen molar-refractivity contribution in [3.63, 3.8) is 0 Å². The van der Waals surface area contributed by atoms with Crippen LogP contribution in [0.4, 0.5) is 0 Å². The molecule has 0 atom stereocenters. The first kappa shape index (κ1) is 27.7. The van der Waals surface area contributed by atoms with Gasteiger partial charge >= 0.3 is 0 Å². The van der Waals surface area contributed by atoms with Crippen LogP contribution >= 0.6 is 0 Å². The highest BCUT2D eigenvalue weighted by Gasteiger charge is 2.15. The van der Waals surface area contributed by atoms with Gasteiger partial charge in [-0.05, 0) is 18.4 Å². The Balaban J connectivity index is 1.42. The number of nitrogens with zero attached hydrogens (tertiary/aromatic N) is 2. The zero-order valence-electron chi connectivity index (χ0n) is 22.1. The molecule has 0 spiro atoms. The average molecular weight is 454 g/mol. The topological polar surface area (TPSA) is 8.81 Å². The summed E-state index contributed by atoms with van der Waals surface area (Å²) in [4.78, 5) is 0. The third kappa shape index (κ3) is 12.5. The van der Waals surface area contributed by atoms with E-state index in [0.29, 0.717) is 0 Å². The third-order valence-electron chi connectivity index (χ3n) is 7.10. The predicted molar refractivity (Wildman–Crippen MR) is 144 cm³/mol. The van der Waals surface area contributed by atoms with Crippen LogP contribution in [0.15, 0.2) is 42.7 Å².